The summed E-state index contributed by atoms with van der Waals surface area (Å²) in [5, 5.41) is 0. The molecular formula is C53H47N. The topological polar surface area (TPSA) is 3.24 Å². The van der Waals surface area contributed by atoms with Gasteiger partial charge < -0.3 is 4.90 Å². The highest BCUT2D eigenvalue weighted by molar-refractivity contribution is 5.99. The van der Waals surface area contributed by atoms with Gasteiger partial charge in [0.2, 0.25) is 0 Å². The maximum absolute atomic E-state index is 2.54. The minimum absolute atomic E-state index is 0.0286. The van der Waals surface area contributed by atoms with Gasteiger partial charge >= 0.3 is 0 Å². The van der Waals surface area contributed by atoms with Gasteiger partial charge in [-0.15, -0.1) is 0 Å². The Balaban J connectivity index is 1.24. The summed E-state index contributed by atoms with van der Waals surface area (Å²) in [6.45, 7) is 14.2. The molecule has 0 amide bonds. The van der Waals surface area contributed by atoms with Crippen molar-refractivity contribution in [2.45, 2.75) is 70.6 Å². The van der Waals surface area contributed by atoms with Crippen LogP contribution in [0.25, 0.3) is 44.5 Å². The molecule has 1 heteroatoms. The standard InChI is InChI=1S/C53H47N/c1-7-53(8-2)46-25-15-10-19-37(46)42-33-35(29-31-47(42)53)54(34-28-30-45-41(32-34)36-18-9-13-23-43(36)51(45,3)4)49-27-16-12-20-38(49)39-22-17-26-48-50(39)40-21-11-14-24-44(40)52(48,5)6/h9-33H,7-8H2,1-6H3. The summed E-state index contributed by atoms with van der Waals surface area (Å²) < 4.78 is 0. The largest absolute Gasteiger partial charge is 0.310 e. The molecule has 0 fully saturated rings. The third-order valence-corrected chi connectivity index (χ3v) is 13.6. The van der Waals surface area contributed by atoms with Gasteiger partial charge in [0.05, 0.1) is 5.69 Å². The minimum atomic E-state index is -0.0742. The summed E-state index contributed by atoms with van der Waals surface area (Å²) in [6, 6.07) is 57.7. The second-order valence-electron chi connectivity index (χ2n) is 16.7. The minimum Gasteiger partial charge on any atom is -0.310 e. The Bertz CT molecular complexity index is 2650. The van der Waals surface area contributed by atoms with Crippen molar-refractivity contribution in [3.63, 3.8) is 0 Å². The monoisotopic (exact) mass is 697 g/mol. The van der Waals surface area contributed by atoms with Crippen molar-refractivity contribution in [1.82, 2.24) is 0 Å². The molecule has 3 aliphatic carbocycles. The highest BCUT2D eigenvalue weighted by atomic mass is 15.1. The van der Waals surface area contributed by atoms with Crippen LogP contribution in [0.1, 0.15) is 87.8 Å². The van der Waals surface area contributed by atoms with E-state index in [1.165, 1.54) is 95.0 Å². The van der Waals surface area contributed by atoms with Gasteiger partial charge in [0.1, 0.15) is 0 Å². The Morgan fingerprint density at radius 2 is 0.796 bits per heavy atom. The fourth-order valence-corrected chi connectivity index (χ4v) is 10.8. The number of fused-ring (bicyclic) bond motifs is 9. The first-order valence-electron chi connectivity index (χ1n) is 19.8. The van der Waals surface area contributed by atoms with Gasteiger partial charge in [-0.05, 0) is 115 Å². The van der Waals surface area contributed by atoms with Crippen LogP contribution in [0.4, 0.5) is 17.1 Å². The number of benzene rings is 7. The van der Waals surface area contributed by atoms with Gasteiger partial charge in [0, 0.05) is 33.2 Å². The molecule has 0 heterocycles. The van der Waals surface area contributed by atoms with Crippen molar-refractivity contribution in [2.75, 3.05) is 4.90 Å². The highest BCUT2D eigenvalue weighted by Crippen LogP contribution is 2.57. The van der Waals surface area contributed by atoms with Gasteiger partial charge in [-0.2, -0.15) is 0 Å². The van der Waals surface area contributed by atoms with E-state index in [-0.39, 0.29) is 16.2 Å². The Hall–Kier alpha value is -5.66. The molecule has 7 aromatic carbocycles. The quantitative estimate of drug-likeness (QED) is 0.167. The smallest absolute Gasteiger partial charge is 0.0540 e. The molecule has 0 aliphatic heterocycles. The lowest BCUT2D eigenvalue weighted by molar-refractivity contribution is 0.490. The van der Waals surface area contributed by atoms with E-state index in [1.54, 1.807) is 0 Å². The molecule has 0 N–H and O–H groups in total. The molecule has 0 unspecified atom stereocenters. The Labute approximate surface area is 321 Å². The van der Waals surface area contributed by atoms with Gasteiger partial charge in [-0.25, -0.2) is 0 Å². The van der Waals surface area contributed by atoms with Gasteiger partial charge in [0.15, 0.2) is 0 Å². The predicted molar refractivity (Wildman–Crippen MR) is 228 cm³/mol. The van der Waals surface area contributed by atoms with Crippen LogP contribution in [0.2, 0.25) is 0 Å². The molecule has 264 valence electrons. The highest BCUT2D eigenvalue weighted by Gasteiger charge is 2.41. The SMILES string of the molecule is CCC1(CC)c2ccccc2-c2cc(N(c3ccc4c(c3)-c3ccccc3C4(C)C)c3ccccc3-c3cccc4c3-c3ccccc3C4(C)C)ccc21. The molecular weight excluding hydrogens is 651 g/mol. The van der Waals surface area contributed by atoms with E-state index in [2.05, 4.69) is 198 Å². The molecule has 1 nitrogen and oxygen atoms in total. The maximum atomic E-state index is 2.54. The first-order valence-corrected chi connectivity index (χ1v) is 19.8. The van der Waals surface area contributed by atoms with Gasteiger partial charge in [-0.3, -0.25) is 0 Å². The third kappa shape index (κ3) is 4.33. The number of nitrogens with zero attached hydrogens (tertiary/aromatic N) is 1. The molecule has 0 atom stereocenters. The van der Waals surface area contributed by atoms with Gasteiger partial charge in [0.25, 0.3) is 0 Å². The van der Waals surface area contributed by atoms with Crippen LogP contribution in [0.3, 0.4) is 0 Å². The van der Waals surface area contributed by atoms with Crippen molar-refractivity contribution in [3.05, 3.63) is 185 Å². The van der Waals surface area contributed by atoms with E-state index in [0.29, 0.717) is 0 Å². The summed E-state index contributed by atoms with van der Waals surface area (Å²) in [5.74, 6) is 0. The van der Waals surface area contributed by atoms with Crippen LogP contribution >= 0.6 is 0 Å². The third-order valence-electron chi connectivity index (χ3n) is 13.6. The van der Waals surface area contributed by atoms with Crippen molar-refractivity contribution in [3.8, 4) is 44.5 Å². The summed E-state index contributed by atoms with van der Waals surface area (Å²) in [6.07, 6.45) is 2.16. The van der Waals surface area contributed by atoms with Crippen molar-refractivity contribution < 1.29 is 0 Å². The molecule has 0 aromatic heterocycles. The van der Waals surface area contributed by atoms with E-state index in [0.717, 1.165) is 12.8 Å². The molecule has 0 bridgehead atoms. The molecule has 10 rings (SSSR count). The normalized spacial score (nSPS) is 15.8. The molecule has 54 heavy (non-hydrogen) atoms. The summed E-state index contributed by atoms with van der Waals surface area (Å²) in [7, 11) is 0. The fourth-order valence-electron chi connectivity index (χ4n) is 10.8. The Morgan fingerprint density at radius 3 is 1.46 bits per heavy atom. The average Bonchev–Trinajstić information content (AvgIpc) is 3.72. The van der Waals surface area contributed by atoms with E-state index in [9.17, 15) is 0 Å². The van der Waals surface area contributed by atoms with E-state index in [1.807, 2.05) is 0 Å². The predicted octanol–water partition coefficient (Wildman–Crippen LogP) is 14.5. The molecule has 7 aromatic rings. The van der Waals surface area contributed by atoms with Crippen LogP contribution in [0.5, 0.6) is 0 Å². The van der Waals surface area contributed by atoms with Crippen LogP contribution < -0.4 is 4.90 Å². The second-order valence-corrected chi connectivity index (χ2v) is 16.7. The molecule has 0 saturated heterocycles. The summed E-state index contributed by atoms with van der Waals surface area (Å²) in [4.78, 5) is 2.54. The average molecular weight is 698 g/mol. The van der Waals surface area contributed by atoms with Crippen LogP contribution in [-0.4, -0.2) is 0 Å². The summed E-state index contributed by atoms with van der Waals surface area (Å²) in [5.41, 5.74) is 22.5. The van der Waals surface area contributed by atoms with E-state index < -0.39 is 0 Å². The lowest BCUT2D eigenvalue weighted by atomic mass is 9.74. The number of para-hydroxylation sites is 1. The van der Waals surface area contributed by atoms with Crippen LogP contribution in [-0.2, 0) is 16.2 Å². The fraction of sp³-hybridized carbons (Fsp3) is 0.208. The van der Waals surface area contributed by atoms with E-state index >= 15 is 0 Å². The van der Waals surface area contributed by atoms with Crippen LogP contribution in [0, 0.1) is 0 Å². The van der Waals surface area contributed by atoms with Crippen molar-refractivity contribution in [2.24, 2.45) is 0 Å². The van der Waals surface area contributed by atoms with Gasteiger partial charge in [-0.1, -0.05) is 163 Å². The summed E-state index contributed by atoms with van der Waals surface area (Å²) >= 11 is 0. The lowest BCUT2D eigenvalue weighted by Gasteiger charge is -2.31. The molecule has 0 radical (unpaired) electrons. The Morgan fingerprint density at radius 1 is 0.370 bits per heavy atom. The van der Waals surface area contributed by atoms with Crippen molar-refractivity contribution >= 4 is 17.1 Å². The number of rotatable bonds is 6. The molecule has 0 saturated carbocycles. The molecule has 0 spiro atoms. The van der Waals surface area contributed by atoms with Crippen LogP contribution in [0.15, 0.2) is 152 Å². The Kier molecular flexibility index (Phi) is 7.12. The first kappa shape index (κ1) is 32.9. The first-order chi connectivity index (χ1) is 26.2. The second kappa shape index (κ2) is 11.7. The van der Waals surface area contributed by atoms with Crippen molar-refractivity contribution in [1.29, 1.82) is 0 Å². The van der Waals surface area contributed by atoms with E-state index in [4.69, 9.17) is 0 Å². The lowest BCUT2D eigenvalue weighted by Crippen LogP contribution is -2.23. The number of hydrogen-bond acceptors (Lipinski definition) is 1. The number of anilines is 3. The number of hydrogen-bond donors (Lipinski definition) is 0. The zero-order valence-electron chi connectivity index (χ0n) is 32.3. The zero-order valence-corrected chi connectivity index (χ0v) is 32.3. The maximum Gasteiger partial charge on any atom is 0.0540 e. The zero-order chi connectivity index (χ0) is 37.0. The molecule has 3 aliphatic rings.